The zero-order chi connectivity index (χ0) is 16.5. The lowest BCUT2D eigenvalue weighted by Gasteiger charge is -2.04. The second-order valence-corrected chi connectivity index (χ2v) is 4.82. The number of benzene rings is 2. The average Bonchev–Trinajstić information content (AvgIpc) is 2.58. The number of rotatable bonds is 4. The van der Waals surface area contributed by atoms with Gasteiger partial charge in [0, 0.05) is 11.1 Å². The molecule has 0 atom stereocenters. The molecule has 2 aromatic carbocycles. The van der Waals surface area contributed by atoms with Gasteiger partial charge in [0.25, 0.3) is 0 Å². The third-order valence-corrected chi connectivity index (χ3v) is 3.06. The largest absolute Gasteiger partial charge is 0.445 e. The summed E-state index contributed by atoms with van der Waals surface area (Å²) < 4.78 is 5.07. The van der Waals surface area contributed by atoms with Crippen LogP contribution in [0.4, 0.5) is 4.79 Å². The van der Waals surface area contributed by atoms with Crippen LogP contribution in [0.5, 0.6) is 0 Å². The van der Waals surface area contributed by atoms with Gasteiger partial charge in [0.05, 0.1) is 6.54 Å². The van der Waals surface area contributed by atoms with Crippen molar-refractivity contribution in [2.75, 3.05) is 6.54 Å². The van der Waals surface area contributed by atoms with Gasteiger partial charge in [0.1, 0.15) is 6.61 Å². The molecule has 0 heterocycles. The highest BCUT2D eigenvalue weighted by Crippen LogP contribution is 2.07. The van der Waals surface area contributed by atoms with Crippen LogP contribution >= 0.6 is 0 Å². The molecule has 0 bridgehead atoms. The van der Waals surface area contributed by atoms with Crippen molar-refractivity contribution in [3.05, 3.63) is 71.3 Å². The van der Waals surface area contributed by atoms with E-state index in [1.807, 2.05) is 36.4 Å². The summed E-state index contributed by atoms with van der Waals surface area (Å²) in [6.45, 7) is 1.87. The minimum Gasteiger partial charge on any atom is -0.445 e. The smallest absolute Gasteiger partial charge is 0.408 e. The zero-order valence-electron chi connectivity index (χ0n) is 12.8. The van der Waals surface area contributed by atoms with Crippen LogP contribution in [0.1, 0.15) is 28.4 Å². The number of hydrogen-bond donors (Lipinski definition) is 1. The molecule has 0 aliphatic rings. The van der Waals surface area contributed by atoms with Gasteiger partial charge in [-0.25, -0.2) is 4.79 Å². The molecule has 0 fully saturated rings. The van der Waals surface area contributed by atoms with Crippen molar-refractivity contribution in [3.63, 3.8) is 0 Å². The van der Waals surface area contributed by atoms with Gasteiger partial charge in [-0.15, -0.1) is 0 Å². The topological polar surface area (TPSA) is 55.4 Å². The fourth-order valence-electron chi connectivity index (χ4n) is 1.93. The molecule has 0 spiro atoms. The van der Waals surface area contributed by atoms with E-state index in [1.165, 1.54) is 6.92 Å². The van der Waals surface area contributed by atoms with Gasteiger partial charge in [-0.2, -0.15) is 0 Å². The third kappa shape index (κ3) is 5.33. The van der Waals surface area contributed by atoms with Crippen LogP contribution in [0, 0.1) is 11.8 Å². The van der Waals surface area contributed by atoms with Crippen LogP contribution in [0.15, 0.2) is 54.6 Å². The monoisotopic (exact) mass is 307 g/mol. The highest BCUT2D eigenvalue weighted by Gasteiger charge is 2.03. The first-order chi connectivity index (χ1) is 11.2. The maximum absolute atomic E-state index is 11.5. The third-order valence-electron chi connectivity index (χ3n) is 3.06. The fraction of sp³-hybridized carbons (Fsp3) is 0.158. The van der Waals surface area contributed by atoms with E-state index in [4.69, 9.17) is 4.74 Å². The minimum atomic E-state index is -0.525. The van der Waals surface area contributed by atoms with Crippen LogP contribution in [-0.4, -0.2) is 18.4 Å². The number of ether oxygens (including phenoxy) is 1. The molecule has 4 heteroatoms. The summed E-state index contributed by atoms with van der Waals surface area (Å²) in [4.78, 5) is 23.0. The molecule has 23 heavy (non-hydrogen) atoms. The van der Waals surface area contributed by atoms with Crippen molar-refractivity contribution in [2.24, 2.45) is 0 Å². The molecule has 0 saturated heterocycles. The lowest BCUT2D eigenvalue weighted by molar-refractivity contribution is 0.101. The molecule has 0 aliphatic carbocycles. The Bertz CT molecular complexity index is 742. The summed E-state index contributed by atoms with van der Waals surface area (Å²) in [7, 11) is 0. The Morgan fingerprint density at radius 1 is 1.04 bits per heavy atom. The van der Waals surface area contributed by atoms with Crippen molar-refractivity contribution in [2.45, 2.75) is 13.5 Å². The van der Waals surface area contributed by atoms with Gasteiger partial charge in [-0.3, -0.25) is 4.79 Å². The molecule has 0 aliphatic heterocycles. The standard InChI is InChI=1S/C19H17NO3/c1-15(21)18-12-6-5-10-17(18)11-7-13-20-19(22)23-14-16-8-3-2-4-9-16/h2-6,8-10,12H,13-14H2,1H3,(H,20,22). The maximum atomic E-state index is 11.5. The summed E-state index contributed by atoms with van der Waals surface area (Å²) in [5.41, 5.74) is 2.15. The molecule has 1 amide bonds. The van der Waals surface area contributed by atoms with Crippen molar-refractivity contribution < 1.29 is 14.3 Å². The number of ketones is 1. The molecule has 0 saturated carbocycles. The SMILES string of the molecule is CC(=O)c1ccccc1C#CCNC(=O)OCc1ccccc1. The summed E-state index contributed by atoms with van der Waals surface area (Å²) in [5.74, 6) is 5.66. The highest BCUT2D eigenvalue weighted by molar-refractivity contribution is 5.96. The van der Waals surface area contributed by atoms with E-state index in [0.29, 0.717) is 11.1 Å². The lowest BCUT2D eigenvalue weighted by Crippen LogP contribution is -2.24. The molecule has 0 aromatic heterocycles. The van der Waals surface area contributed by atoms with E-state index in [-0.39, 0.29) is 18.9 Å². The molecular formula is C19H17NO3. The molecule has 1 N–H and O–H groups in total. The molecule has 0 radical (unpaired) electrons. The molecule has 2 rings (SSSR count). The molecule has 4 nitrogen and oxygen atoms in total. The van der Waals surface area contributed by atoms with Crippen LogP contribution < -0.4 is 5.32 Å². The summed E-state index contributed by atoms with van der Waals surface area (Å²) in [6, 6.07) is 16.5. The molecule has 2 aromatic rings. The van der Waals surface area contributed by atoms with E-state index in [0.717, 1.165) is 5.56 Å². The van der Waals surface area contributed by atoms with E-state index in [9.17, 15) is 9.59 Å². The second-order valence-electron chi connectivity index (χ2n) is 4.82. The number of hydrogen-bond acceptors (Lipinski definition) is 3. The number of alkyl carbamates (subject to hydrolysis) is 1. The van der Waals surface area contributed by atoms with Gasteiger partial charge in [0.15, 0.2) is 5.78 Å². The Morgan fingerprint density at radius 3 is 2.48 bits per heavy atom. The Hall–Kier alpha value is -3.06. The lowest BCUT2D eigenvalue weighted by atomic mass is 10.1. The number of carbonyl (C=O) groups excluding carboxylic acids is 2. The van der Waals surface area contributed by atoms with Gasteiger partial charge >= 0.3 is 6.09 Å². The first-order valence-corrected chi connectivity index (χ1v) is 7.20. The normalized spacial score (nSPS) is 9.43. The Morgan fingerprint density at radius 2 is 1.74 bits per heavy atom. The highest BCUT2D eigenvalue weighted by atomic mass is 16.5. The second kappa shape index (κ2) is 8.40. The van der Waals surface area contributed by atoms with E-state index in [2.05, 4.69) is 17.2 Å². The Balaban J connectivity index is 1.81. The number of Topliss-reactive ketones (excluding diaryl/α,β-unsaturated/α-hetero) is 1. The zero-order valence-corrected chi connectivity index (χ0v) is 12.8. The maximum Gasteiger partial charge on any atom is 0.408 e. The Labute approximate surface area is 135 Å². The van der Waals surface area contributed by atoms with E-state index in [1.54, 1.807) is 18.2 Å². The van der Waals surface area contributed by atoms with Crippen molar-refractivity contribution >= 4 is 11.9 Å². The van der Waals surface area contributed by atoms with E-state index >= 15 is 0 Å². The van der Waals surface area contributed by atoms with Gasteiger partial charge in [-0.1, -0.05) is 60.4 Å². The summed E-state index contributed by atoms with van der Waals surface area (Å²) >= 11 is 0. The summed E-state index contributed by atoms with van der Waals surface area (Å²) in [6.07, 6.45) is -0.525. The first kappa shape index (κ1) is 16.3. The van der Waals surface area contributed by atoms with Crippen molar-refractivity contribution in [1.29, 1.82) is 0 Å². The quantitative estimate of drug-likeness (QED) is 0.697. The Kier molecular flexibility index (Phi) is 5.96. The minimum absolute atomic E-state index is 0.0369. The fourth-order valence-corrected chi connectivity index (χ4v) is 1.93. The van der Waals surface area contributed by atoms with Gasteiger partial charge < -0.3 is 10.1 Å². The van der Waals surface area contributed by atoms with E-state index < -0.39 is 6.09 Å². The average molecular weight is 307 g/mol. The molecule has 116 valence electrons. The van der Waals surface area contributed by atoms with Crippen molar-refractivity contribution in [3.8, 4) is 11.8 Å². The predicted octanol–water partition coefficient (Wildman–Crippen LogP) is 3.17. The predicted molar refractivity (Wildman–Crippen MR) is 88.0 cm³/mol. The first-order valence-electron chi connectivity index (χ1n) is 7.20. The summed E-state index contributed by atoms with van der Waals surface area (Å²) in [5, 5.41) is 2.55. The van der Waals surface area contributed by atoms with Gasteiger partial charge in [-0.05, 0) is 18.6 Å². The molecular weight excluding hydrogens is 290 g/mol. The number of carbonyl (C=O) groups is 2. The van der Waals surface area contributed by atoms with Crippen LogP contribution in [0.3, 0.4) is 0 Å². The van der Waals surface area contributed by atoms with Crippen LogP contribution in [0.2, 0.25) is 0 Å². The van der Waals surface area contributed by atoms with Crippen molar-refractivity contribution in [1.82, 2.24) is 5.32 Å². The van der Waals surface area contributed by atoms with Gasteiger partial charge in [0.2, 0.25) is 0 Å². The number of amides is 1. The number of nitrogens with one attached hydrogen (secondary N) is 1. The molecule has 0 unspecified atom stereocenters. The van der Waals surface area contributed by atoms with Crippen LogP contribution in [0.25, 0.3) is 0 Å². The van der Waals surface area contributed by atoms with Crippen LogP contribution in [-0.2, 0) is 11.3 Å².